The Kier molecular flexibility index (Phi) is 7.76. The zero-order valence-corrected chi connectivity index (χ0v) is 13.6. The average molecular weight is 315 g/mol. The van der Waals surface area contributed by atoms with Crippen molar-refractivity contribution in [3.05, 3.63) is 29.3 Å². The number of nitrogens with one attached hydrogen (secondary N) is 2. The van der Waals surface area contributed by atoms with Crippen LogP contribution in [0.1, 0.15) is 31.4 Å². The van der Waals surface area contributed by atoms with Gasteiger partial charge in [-0.3, -0.25) is 10.2 Å². The molecule has 0 aliphatic heterocycles. The summed E-state index contributed by atoms with van der Waals surface area (Å²) < 4.78 is 0. The molecule has 4 N–H and O–H groups in total. The van der Waals surface area contributed by atoms with Gasteiger partial charge < -0.3 is 5.73 Å². The van der Waals surface area contributed by atoms with Crippen LogP contribution < -0.4 is 16.1 Å². The molecule has 0 aromatic heterocycles. The van der Waals surface area contributed by atoms with Crippen molar-refractivity contribution in [2.45, 2.75) is 40.2 Å². The van der Waals surface area contributed by atoms with E-state index in [-0.39, 0.29) is 24.5 Å². The van der Waals surface area contributed by atoms with Crippen LogP contribution in [0.25, 0.3) is 0 Å². The maximum Gasteiger partial charge on any atom is 0.352 e. The second-order valence-electron chi connectivity index (χ2n) is 4.70. The summed E-state index contributed by atoms with van der Waals surface area (Å²) >= 11 is 0. The third kappa shape index (κ3) is 4.91. The summed E-state index contributed by atoms with van der Waals surface area (Å²) in [5, 5.41) is 7.63. The number of carbonyl (C=O) groups excluding carboxylic acids is 1. The van der Waals surface area contributed by atoms with Crippen LogP contribution in [-0.2, 0) is 4.84 Å². The fraction of sp³-hybridized carbons (Fsp3) is 0.429. The molecule has 21 heavy (non-hydrogen) atoms. The van der Waals surface area contributed by atoms with Crippen LogP contribution in [0.3, 0.4) is 0 Å². The van der Waals surface area contributed by atoms with Gasteiger partial charge in [0.25, 0.3) is 0 Å². The minimum absolute atomic E-state index is 0. The normalized spacial score (nSPS) is 11.2. The minimum Gasteiger partial charge on any atom is -0.369 e. The summed E-state index contributed by atoms with van der Waals surface area (Å²) in [7, 11) is 0. The van der Waals surface area contributed by atoms with Crippen molar-refractivity contribution < 1.29 is 9.63 Å². The van der Waals surface area contributed by atoms with Gasteiger partial charge in [0, 0.05) is 0 Å². The number of rotatable bonds is 4. The Labute approximate surface area is 131 Å². The highest BCUT2D eigenvalue weighted by Gasteiger charge is 2.22. The molecule has 2 amide bonds. The van der Waals surface area contributed by atoms with Gasteiger partial charge in [-0.25, -0.2) is 15.2 Å². The van der Waals surface area contributed by atoms with Gasteiger partial charge in [0.05, 0.1) is 11.8 Å². The summed E-state index contributed by atoms with van der Waals surface area (Å²) in [5.41, 5.74) is 10.2. The van der Waals surface area contributed by atoms with Crippen LogP contribution in [0.2, 0.25) is 0 Å². The quantitative estimate of drug-likeness (QED) is 0.453. The van der Waals surface area contributed by atoms with Gasteiger partial charge in [0.1, 0.15) is 0 Å². The first kappa shape index (κ1) is 19.2. The Balaban J connectivity index is 0.00000400. The summed E-state index contributed by atoms with van der Waals surface area (Å²) in [6.07, 6.45) is 0.662. The third-order valence-corrected chi connectivity index (χ3v) is 3.03. The number of hydrogen-bond donors (Lipinski definition) is 3. The van der Waals surface area contributed by atoms with E-state index in [1.807, 2.05) is 45.9 Å². The van der Waals surface area contributed by atoms with Crippen molar-refractivity contribution in [3.8, 4) is 0 Å². The Morgan fingerprint density at radius 2 is 1.95 bits per heavy atom. The zero-order valence-electron chi connectivity index (χ0n) is 12.8. The van der Waals surface area contributed by atoms with Crippen molar-refractivity contribution in [1.82, 2.24) is 5.48 Å². The van der Waals surface area contributed by atoms with E-state index < -0.39 is 6.03 Å². The van der Waals surface area contributed by atoms with E-state index in [4.69, 9.17) is 16.0 Å². The fourth-order valence-corrected chi connectivity index (χ4v) is 1.77. The number of carbonyl (C=O) groups is 1. The number of amides is 2. The van der Waals surface area contributed by atoms with E-state index >= 15 is 0 Å². The van der Waals surface area contributed by atoms with Gasteiger partial charge in [-0.05, 0) is 38.3 Å². The van der Waals surface area contributed by atoms with Crippen LogP contribution in [0.5, 0.6) is 0 Å². The summed E-state index contributed by atoms with van der Waals surface area (Å²) in [5.74, 6) is -0.354. The first-order valence-electron chi connectivity index (χ1n) is 6.54. The molecule has 1 unspecified atom stereocenters. The molecule has 7 heteroatoms. The molecule has 6 nitrogen and oxygen atoms in total. The number of urea groups is 1. The molecule has 1 aromatic rings. The van der Waals surface area contributed by atoms with Crippen molar-refractivity contribution >= 4 is 30.1 Å². The molecule has 0 fully saturated rings. The van der Waals surface area contributed by atoms with Gasteiger partial charge in [-0.15, -0.1) is 12.4 Å². The lowest BCUT2D eigenvalue weighted by atomic mass is 10.1. The number of guanidine groups is 1. The molecular weight excluding hydrogens is 292 g/mol. The Hall–Kier alpha value is -1.79. The van der Waals surface area contributed by atoms with Crippen molar-refractivity contribution in [2.24, 2.45) is 5.73 Å². The monoisotopic (exact) mass is 314 g/mol. The van der Waals surface area contributed by atoms with Crippen LogP contribution in [-0.4, -0.2) is 18.1 Å². The lowest BCUT2D eigenvalue weighted by molar-refractivity contribution is 0.00677. The van der Waals surface area contributed by atoms with Gasteiger partial charge in [0.2, 0.25) is 5.96 Å². The molecule has 118 valence electrons. The SMILES string of the molecule is CCC(C)ONC(=O)N(C(=N)N)c1c(C)cccc1C.Cl. The van der Waals surface area contributed by atoms with Crippen LogP contribution in [0, 0.1) is 19.3 Å². The highest BCUT2D eigenvalue weighted by molar-refractivity contribution is 6.14. The molecule has 0 saturated carbocycles. The highest BCUT2D eigenvalue weighted by Crippen LogP contribution is 2.24. The lowest BCUT2D eigenvalue weighted by Gasteiger charge is -2.25. The molecule has 0 saturated heterocycles. The van der Waals surface area contributed by atoms with Crippen molar-refractivity contribution in [1.29, 1.82) is 5.41 Å². The molecule has 0 aliphatic rings. The molecular formula is C14H23ClN4O2. The Morgan fingerprint density at radius 3 is 2.38 bits per heavy atom. The van der Waals surface area contributed by atoms with E-state index in [2.05, 4.69) is 5.48 Å². The van der Waals surface area contributed by atoms with Crippen LogP contribution in [0.4, 0.5) is 10.5 Å². The average Bonchev–Trinajstić information content (AvgIpc) is 2.39. The van der Waals surface area contributed by atoms with E-state index in [1.54, 1.807) is 0 Å². The lowest BCUT2D eigenvalue weighted by Crippen LogP contribution is -2.48. The largest absolute Gasteiger partial charge is 0.369 e. The fourth-order valence-electron chi connectivity index (χ4n) is 1.77. The highest BCUT2D eigenvalue weighted by atomic mass is 35.5. The molecule has 0 heterocycles. The van der Waals surface area contributed by atoms with Gasteiger partial charge >= 0.3 is 6.03 Å². The maximum atomic E-state index is 12.2. The molecule has 1 rings (SSSR count). The minimum atomic E-state index is -0.574. The summed E-state index contributed by atoms with van der Waals surface area (Å²) in [4.78, 5) is 18.5. The number of hydroxylamine groups is 1. The second kappa shape index (κ2) is 8.49. The summed E-state index contributed by atoms with van der Waals surface area (Å²) in [6.45, 7) is 7.52. The molecule has 0 bridgehead atoms. The number of hydrogen-bond acceptors (Lipinski definition) is 3. The molecule has 0 radical (unpaired) electrons. The van der Waals surface area contributed by atoms with E-state index in [0.29, 0.717) is 5.69 Å². The van der Waals surface area contributed by atoms with Gasteiger partial charge in [-0.2, -0.15) is 0 Å². The number of benzene rings is 1. The zero-order chi connectivity index (χ0) is 15.3. The number of nitrogens with zero attached hydrogens (tertiary/aromatic N) is 1. The van der Waals surface area contributed by atoms with Crippen LogP contribution in [0.15, 0.2) is 18.2 Å². The number of anilines is 1. The molecule has 0 aliphatic carbocycles. The Morgan fingerprint density at radius 1 is 1.43 bits per heavy atom. The molecule has 1 atom stereocenters. The number of halogens is 1. The molecule has 1 aromatic carbocycles. The predicted molar refractivity (Wildman–Crippen MR) is 86.9 cm³/mol. The first-order chi connectivity index (χ1) is 9.38. The second-order valence-corrected chi connectivity index (χ2v) is 4.70. The number of nitrogens with two attached hydrogens (primary N) is 1. The molecule has 0 spiro atoms. The van der Waals surface area contributed by atoms with E-state index in [9.17, 15) is 4.79 Å². The van der Waals surface area contributed by atoms with Crippen LogP contribution >= 0.6 is 12.4 Å². The Bertz CT molecular complexity index is 487. The topological polar surface area (TPSA) is 91.4 Å². The number of aryl methyl sites for hydroxylation is 2. The maximum absolute atomic E-state index is 12.2. The van der Waals surface area contributed by atoms with Crippen molar-refractivity contribution in [2.75, 3.05) is 4.90 Å². The predicted octanol–water partition coefficient (Wildman–Crippen LogP) is 2.86. The first-order valence-corrected chi connectivity index (χ1v) is 6.54. The smallest absolute Gasteiger partial charge is 0.352 e. The van der Waals surface area contributed by atoms with E-state index in [1.165, 1.54) is 0 Å². The number of para-hydroxylation sites is 1. The van der Waals surface area contributed by atoms with Crippen molar-refractivity contribution in [3.63, 3.8) is 0 Å². The standard InChI is InChI=1S/C14H22N4O2.ClH/c1-5-11(4)20-17-14(19)18(13(15)16)12-9(2)7-6-8-10(12)3;/h6-8,11H,5H2,1-4H3,(H3,15,16)(H,17,19);1H. The van der Waals surface area contributed by atoms with Gasteiger partial charge in [0.15, 0.2) is 0 Å². The summed E-state index contributed by atoms with van der Waals surface area (Å²) in [6, 6.07) is 5.04. The third-order valence-electron chi connectivity index (χ3n) is 3.03. The van der Waals surface area contributed by atoms with E-state index in [0.717, 1.165) is 22.4 Å². The van der Waals surface area contributed by atoms with Gasteiger partial charge in [-0.1, -0.05) is 25.1 Å².